The third-order valence-electron chi connectivity index (χ3n) is 8.00. The third-order valence-corrected chi connectivity index (χ3v) is 9.04. The average molecular weight is 574 g/mol. The van der Waals surface area contributed by atoms with Gasteiger partial charge in [0.1, 0.15) is 22.2 Å². The first-order valence-electron chi connectivity index (χ1n) is 13.6. The molecule has 1 amide bonds. The molecule has 4 aromatic rings. The Morgan fingerprint density at radius 1 is 1.24 bits per heavy atom. The Morgan fingerprint density at radius 3 is 2.54 bits per heavy atom. The van der Waals surface area contributed by atoms with Crippen LogP contribution < -0.4 is 9.80 Å². The lowest BCUT2D eigenvalue weighted by Crippen LogP contribution is -2.74. The number of aliphatic hydroxyl groups is 1. The van der Waals surface area contributed by atoms with Crippen molar-refractivity contribution in [3.63, 3.8) is 0 Å². The second-order valence-electron chi connectivity index (χ2n) is 11.8. The maximum Gasteiger partial charge on any atom is 0.253 e. The van der Waals surface area contributed by atoms with Gasteiger partial charge in [-0.15, -0.1) is 0 Å². The van der Waals surface area contributed by atoms with Crippen molar-refractivity contribution in [2.45, 2.75) is 39.7 Å². The summed E-state index contributed by atoms with van der Waals surface area (Å²) < 4.78 is 16.9. The van der Waals surface area contributed by atoms with E-state index in [9.17, 15) is 15.2 Å². The number of carbonyl (C=O) groups excluding carboxylic acids is 1. The highest BCUT2D eigenvalue weighted by molar-refractivity contribution is 7.16. The second kappa shape index (κ2) is 9.53. The van der Waals surface area contributed by atoms with E-state index in [4.69, 9.17) is 4.98 Å². The molecule has 41 heavy (non-hydrogen) atoms. The van der Waals surface area contributed by atoms with Crippen molar-refractivity contribution in [1.82, 2.24) is 19.5 Å². The molecule has 2 aliphatic rings. The highest BCUT2D eigenvalue weighted by Crippen LogP contribution is 2.45. The number of benzene rings is 1. The molecule has 5 heterocycles. The molecule has 1 spiro atoms. The number of rotatable bonds is 6. The number of hydrogen-bond donors (Lipinski definition) is 1. The zero-order valence-corrected chi connectivity index (χ0v) is 24.6. The predicted molar refractivity (Wildman–Crippen MR) is 157 cm³/mol. The van der Waals surface area contributed by atoms with Crippen LogP contribution in [0.5, 0.6) is 0 Å². The monoisotopic (exact) mass is 573 g/mol. The zero-order valence-electron chi connectivity index (χ0n) is 23.8. The lowest BCUT2D eigenvalue weighted by atomic mass is 9.72. The fourth-order valence-electron chi connectivity index (χ4n) is 5.90. The Bertz CT molecular complexity index is 1700. The molecule has 2 fully saturated rings. The van der Waals surface area contributed by atoms with E-state index in [0.717, 1.165) is 28.0 Å². The van der Waals surface area contributed by atoms with Crippen LogP contribution >= 0.6 is 11.3 Å². The van der Waals surface area contributed by atoms with Crippen molar-refractivity contribution in [1.29, 1.82) is 5.26 Å². The number of nitrogens with zero attached hydrogens (tertiary/aromatic N) is 7. The van der Waals surface area contributed by atoms with Gasteiger partial charge < -0.3 is 19.8 Å². The number of nitriles is 1. The summed E-state index contributed by atoms with van der Waals surface area (Å²) in [5.74, 6) is -0.640. The van der Waals surface area contributed by atoms with Crippen LogP contribution in [-0.4, -0.2) is 69.3 Å². The van der Waals surface area contributed by atoms with Gasteiger partial charge in [0.25, 0.3) is 5.91 Å². The molecule has 0 unspecified atom stereocenters. The molecule has 3 aromatic heterocycles. The smallest absolute Gasteiger partial charge is 0.253 e. The highest BCUT2D eigenvalue weighted by atomic mass is 32.1. The lowest BCUT2D eigenvalue weighted by molar-refractivity contribution is -0.162. The molecule has 0 saturated carbocycles. The summed E-state index contributed by atoms with van der Waals surface area (Å²) in [7, 11) is 1.90. The van der Waals surface area contributed by atoms with Gasteiger partial charge in [0.2, 0.25) is 0 Å². The number of halogens is 1. The standard InChI is InChI=1S/C30H32FN7O2S/c1-6-21-26(35(5)28-33-25(24(12-32)41-28)19-9-7-18(2)8-10-19)23-11-22(20(31)13-38(23)34-21)36-14-30(15-36)16-37(17-30)27(39)29(3,4)40/h7-11,13,40H,6,14-17H2,1-5H3. The van der Waals surface area contributed by atoms with Crippen molar-refractivity contribution in [3.05, 3.63) is 58.5 Å². The molecule has 0 bridgehead atoms. The summed E-state index contributed by atoms with van der Waals surface area (Å²) in [5, 5.41) is 25.2. The fraction of sp³-hybridized carbons (Fsp3) is 0.400. The maximum atomic E-state index is 15.4. The molecule has 0 radical (unpaired) electrons. The van der Waals surface area contributed by atoms with E-state index >= 15 is 4.39 Å². The second-order valence-corrected chi connectivity index (χ2v) is 12.8. The van der Waals surface area contributed by atoms with Crippen LogP contribution in [0.2, 0.25) is 0 Å². The van der Waals surface area contributed by atoms with Crippen LogP contribution in [-0.2, 0) is 11.2 Å². The van der Waals surface area contributed by atoms with Gasteiger partial charge in [-0.3, -0.25) is 4.79 Å². The normalized spacial score (nSPS) is 16.0. The minimum absolute atomic E-state index is 0.0745. The minimum atomic E-state index is -1.39. The fourth-order valence-corrected chi connectivity index (χ4v) is 6.75. The molecule has 1 aromatic carbocycles. The molecule has 9 nitrogen and oxygen atoms in total. The van der Waals surface area contributed by atoms with Gasteiger partial charge in [0, 0.05) is 44.2 Å². The SMILES string of the molecule is CCc1nn2cc(F)c(N3CC4(CN(C(=O)C(C)(C)O)C4)C3)cc2c1N(C)c1nc(-c2ccc(C)cc2)c(C#N)s1. The number of aryl methyl sites for hydroxylation is 2. The molecule has 0 atom stereocenters. The van der Waals surface area contributed by atoms with Gasteiger partial charge in [-0.25, -0.2) is 13.9 Å². The molecule has 2 saturated heterocycles. The Hall–Kier alpha value is -4.01. The number of aromatic nitrogens is 3. The summed E-state index contributed by atoms with van der Waals surface area (Å²) in [6, 6.07) is 12.1. The molecule has 6 rings (SSSR count). The van der Waals surface area contributed by atoms with Crippen LogP contribution in [0.25, 0.3) is 16.8 Å². The molecular formula is C30H32FN7O2S. The topological polar surface area (TPSA) is 101 Å². The predicted octanol–water partition coefficient (Wildman–Crippen LogP) is 4.53. The number of pyridine rings is 1. The lowest BCUT2D eigenvalue weighted by Gasteiger charge is -2.61. The number of carbonyl (C=O) groups is 1. The molecule has 11 heteroatoms. The number of hydrogen-bond acceptors (Lipinski definition) is 8. The largest absolute Gasteiger partial charge is 0.381 e. The summed E-state index contributed by atoms with van der Waals surface area (Å²) in [6.07, 6.45) is 2.05. The van der Waals surface area contributed by atoms with Gasteiger partial charge in [-0.1, -0.05) is 48.1 Å². The van der Waals surface area contributed by atoms with Gasteiger partial charge in [-0.05, 0) is 33.3 Å². The van der Waals surface area contributed by atoms with Gasteiger partial charge in [0.05, 0.1) is 28.8 Å². The molecular weight excluding hydrogens is 541 g/mol. The number of anilines is 3. The van der Waals surface area contributed by atoms with Crippen molar-refractivity contribution in [2.75, 3.05) is 43.0 Å². The Morgan fingerprint density at radius 2 is 1.93 bits per heavy atom. The van der Waals surface area contributed by atoms with Crippen LogP contribution in [0.4, 0.5) is 20.9 Å². The van der Waals surface area contributed by atoms with E-state index in [1.54, 1.807) is 9.42 Å². The summed E-state index contributed by atoms with van der Waals surface area (Å²) in [6.45, 7) is 9.41. The van der Waals surface area contributed by atoms with Crippen LogP contribution in [0.3, 0.4) is 0 Å². The summed E-state index contributed by atoms with van der Waals surface area (Å²) in [4.78, 5) is 23.4. The minimum Gasteiger partial charge on any atom is -0.381 e. The first-order valence-corrected chi connectivity index (χ1v) is 14.4. The molecule has 0 aliphatic carbocycles. The van der Waals surface area contributed by atoms with Gasteiger partial charge in [-0.2, -0.15) is 10.4 Å². The summed E-state index contributed by atoms with van der Waals surface area (Å²) >= 11 is 1.32. The highest BCUT2D eigenvalue weighted by Gasteiger charge is 2.55. The number of amides is 1. The van der Waals surface area contributed by atoms with Crippen LogP contribution in [0.15, 0.2) is 36.5 Å². The third kappa shape index (κ3) is 4.51. The van der Waals surface area contributed by atoms with E-state index in [1.165, 1.54) is 31.4 Å². The number of likely N-dealkylation sites (tertiary alicyclic amines) is 1. The van der Waals surface area contributed by atoms with E-state index in [2.05, 4.69) is 11.2 Å². The van der Waals surface area contributed by atoms with Crippen LogP contribution in [0, 0.1) is 29.5 Å². The number of fused-ring (bicyclic) bond motifs is 1. The number of thiazole rings is 1. The van der Waals surface area contributed by atoms with Crippen molar-refractivity contribution in [2.24, 2.45) is 5.41 Å². The van der Waals surface area contributed by atoms with Crippen molar-refractivity contribution in [3.8, 4) is 17.3 Å². The zero-order chi connectivity index (χ0) is 29.3. The molecule has 2 aliphatic heterocycles. The molecule has 1 N–H and O–H groups in total. The Balaban J connectivity index is 1.30. The Labute approximate surface area is 242 Å². The van der Waals surface area contributed by atoms with E-state index in [-0.39, 0.29) is 17.1 Å². The quantitative estimate of drug-likeness (QED) is 0.362. The first-order chi connectivity index (χ1) is 19.4. The maximum absolute atomic E-state index is 15.4. The molecule has 212 valence electrons. The van der Waals surface area contributed by atoms with Crippen LogP contribution in [0.1, 0.15) is 36.9 Å². The summed E-state index contributed by atoms with van der Waals surface area (Å²) in [5.41, 5.74) is 4.05. The van der Waals surface area contributed by atoms with E-state index in [1.807, 2.05) is 61.0 Å². The van der Waals surface area contributed by atoms with Gasteiger partial charge in [0.15, 0.2) is 10.9 Å². The van der Waals surface area contributed by atoms with Crippen molar-refractivity contribution >= 4 is 39.3 Å². The van der Waals surface area contributed by atoms with E-state index < -0.39 is 5.60 Å². The van der Waals surface area contributed by atoms with E-state index in [0.29, 0.717) is 54.0 Å². The average Bonchev–Trinajstić information content (AvgIpc) is 3.47. The van der Waals surface area contributed by atoms with Gasteiger partial charge >= 0.3 is 0 Å². The first kappa shape index (κ1) is 27.2. The van der Waals surface area contributed by atoms with Crippen molar-refractivity contribution < 1.29 is 14.3 Å². The Kier molecular flexibility index (Phi) is 6.32.